The van der Waals surface area contributed by atoms with E-state index in [1.165, 1.54) is 0 Å². The van der Waals surface area contributed by atoms with E-state index in [2.05, 4.69) is 10.2 Å². The Balaban J connectivity index is 1.81. The average Bonchev–Trinajstić information content (AvgIpc) is 2.50. The molecule has 1 aromatic carbocycles. The van der Waals surface area contributed by atoms with Crippen LogP contribution in [0.15, 0.2) is 24.3 Å². The van der Waals surface area contributed by atoms with Gasteiger partial charge in [0.05, 0.1) is 19.8 Å². The number of morpholine rings is 1. The van der Waals surface area contributed by atoms with Gasteiger partial charge in [-0.25, -0.2) is 0 Å². The van der Waals surface area contributed by atoms with Crippen LogP contribution in [0.25, 0.3) is 0 Å². The Hall–Kier alpha value is -1.37. The molecule has 6 heteroatoms. The smallest absolute Gasteiger partial charge is 0.173 e. The van der Waals surface area contributed by atoms with Crippen LogP contribution in [0.1, 0.15) is 0 Å². The molecule has 0 amide bonds. The van der Waals surface area contributed by atoms with Crippen LogP contribution in [0.5, 0.6) is 5.75 Å². The lowest BCUT2D eigenvalue weighted by atomic mass is 10.3. The molecule has 1 aliphatic heterocycles. The van der Waals surface area contributed by atoms with Crippen LogP contribution in [0.3, 0.4) is 0 Å². The molecular weight excluding hydrogens is 276 g/mol. The number of hydrogen-bond donors (Lipinski definition) is 1. The second-order valence-electron chi connectivity index (χ2n) is 4.40. The number of nitrogens with one attached hydrogen (secondary N) is 1. The second-order valence-corrected chi connectivity index (χ2v) is 4.78. The normalized spacial score (nSPS) is 14.9. The van der Waals surface area contributed by atoms with Crippen molar-refractivity contribution in [3.05, 3.63) is 24.3 Å². The van der Waals surface area contributed by atoms with Gasteiger partial charge in [-0.2, -0.15) is 0 Å². The number of thiocarbonyl (C=S) groups is 1. The number of rotatable bonds is 5. The highest BCUT2D eigenvalue weighted by Crippen LogP contribution is 2.16. The minimum Gasteiger partial charge on any atom is -0.491 e. The minimum absolute atomic E-state index is 0.551. The van der Waals surface area contributed by atoms with Crippen LogP contribution >= 0.6 is 12.2 Å². The van der Waals surface area contributed by atoms with Crippen molar-refractivity contribution in [2.24, 2.45) is 0 Å². The molecule has 0 radical (unpaired) electrons. The Bertz CT molecular complexity index is 419. The molecule has 0 saturated carbocycles. The minimum atomic E-state index is 0.551. The lowest BCUT2D eigenvalue weighted by Gasteiger charge is -2.29. The Kier molecular flexibility index (Phi) is 6.04. The predicted octanol–water partition coefficient (Wildman–Crippen LogP) is 1.74. The highest BCUT2D eigenvalue weighted by molar-refractivity contribution is 7.80. The Labute approximate surface area is 124 Å². The summed E-state index contributed by atoms with van der Waals surface area (Å²) in [5, 5.41) is 3.97. The van der Waals surface area contributed by atoms with Gasteiger partial charge in [-0.15, -0.1) is 0 Å². The highest BCUT2D eigenvalue weighted by atomic mass is 32.1. The van der Waals surface area contributed by atoms with E-state index in [1.54, 1.807) is 7.11 Å². The molecule has 1 aromatic rings. The fourth-order valence-corrected chi connectivity index (χ4v) is 2.15. The van der Waals surface area contributed by atoms with Gasteiger partial charge < -0.3 is 24.4 Å². The van der Waals surface area contributed by atoms with E-state index in [4.69, 9.17) is 26.4 Å². The summed E-state index contributed by atoms with van der Waals surface area (Å²) in [5.74, 6) is 0.824. The van der Waals surface area contributed by atoms with Crippen LogP contribution in [0.4, 0.5) is 5.69 Å². The molecule has 0 unspecified atom stereocenters. The largest absolute Gasteiger partial charge is 0.491 e. The third-order valence-corrected chi connectivity index (χ3v) is 3.32. The molecule has 1 saturated heterocycles. The van der Waals surface area contributed by atoms with Gasteiger partial charge >= 0.3 is 0 Å². The van der Waals surface area contributed by atoms with Gasteiger partial charge in [-0.3, -0.25) is 0 Å². The van der Waals surface area contributed by atoms with E-state index >= 15 is 0 Å². The maximum Gasteiger partial charge on any atom is 0.173 e. The Morgan fingerprint density at radius 2 is 1.95 bits per heavy atom. The summed E-state index contributed by atoms with van der Waals surface area (Å²) < 4.78 is 15.8. The third kappa shape index (κ3) is 4.63. The van der Waals surface area contributed by atoms with Crippen molar-refractivity contribution < 1.29 is 14.2 Å². The average molecular weight is 296 g/mol. The lowest BCUT2D eigenvalue weighted by molar-refractivity contribution is 0.0690. The topological polar surface area (TPSA) is 43.0 Å². The standard InChI is InChI=1S/C14H20N2O3S/c1-17-10-11-19-13-4-2-12(3-5-13)15-14(20)16-6-8-18-9-7-16/h2-5H,6-11H2,1H3,(H,15,20). The van der Waals surface area contributed by atoms with E-state index in [0.717, 1.165) is 42.9 Å². The third-order valence-electron chi connectivity index (χ3n) is 2.96. The summed E-state index contributed by atoms with van der Waals surface area (Å²) in [6.07, 6.45) is 0. The number of hydrogen-bond acceptors (Lipinski definition) is 4. The molecule has 110 valence electrons. The summed E-state index contributed by atoms with van der Waals surface area (Å²) in [4.78, 5) is 2.11. The van der Waals surface area contributed by atoms with Crippen molar-refractivity contribution in [3.63, 3.8) is 0 Å². The zero-order valence-electron chi connectivity index (χ0n) is 11.6. The molecule has 0 atom stereocenters. The zero-order chi connectivity index (χ0) is 14.2. The molecule has 0 aromatic heterocycles. The molecule has 0 aliphatic carbocycles. The van der Waals surface area contributed by atoms with Gasteiger partial charge in [0.25, 0.3) is 0 Å². The molecule has 1 fully saturated rings. The fraction of sp³-hybridized carbons (Fsp3) is 0.500. The van der Waals surface area contributed by atoms with E-state index < -0.39 is 0 Å². The van der Waals surface area contributed by atoms with Crippen molar-refractivity contribution >= 4 is 23.0 Å². The highest BCUT2D eigenvalue weighted by Gasteiger charge is 2.13. The molecule has 1 aliphatic rings. The maximum atomic E-state index is 5.51. The molecule has 2 rings (SSSR count). The van der Waals surface area contributed by atoms with Crippen molar-refractivity contribution in [2.75, 3.05) is 51.9 Å². The molecule has 1 N–H and O–H groups in total. The second kappa shape index (κ2) is 8.04. The van der Waals surface area contributed by atoms with Gasteiger partial charge in [0.1, 0.15) is 12.4 Å². The molecular formula is C14H20N2O3S. The predicted molar refractivity (Wildman–Crippen MR) is 82.4 cm³/mol. The van der Waals surface area contributed by atoms with Gasteiger partial charge in [-0.1, -0.05) is 0 Å². The maximum absolute atomic E-state index is 5.51. The van der Waals surface area contributed by atoms with Crippen molar-refractivity contribution in [3.8, 4) is 5.75 Å². The Morgan fingerprint density at radius 3 is 2.60 bits per heavy atom. The first-order valence-electron chi connectivity index (χ1n) is 6.65. The first-order chi connectivity index (χ1) is 9.79. The monoisotopic (exact) mass is 296 g/mol. The van der Waals surface area contributed by atoms with Gasteiger partial charge in [-0.05, 0) is 36.5 Å². The van der Waals surface area contributed by atoms with Crippen LogP contribution < -0.4 is 10.1 Å². The van der Waals surface area contributed by atoms with Crippen molar-refractivity contribution in [2.45, 2.75) is 0 Å². The first-order valence-corrected chi connectivity index (χ1v) is 7.06. The number of methoxy groups -OCH3 is 1. The van der Waals surface area contributed by atoms with Gasteiger partial charge in [0, 0.05) is 25.9 Å². The SMILES string of the molecule is COCCOc1ccc(NC(=S)N2CCOCC2)cc1. The molecule has 1 heterocycles. The van der Waals surface area contributed by atoms with E-state index in [9.17, 15) is 0 Å². The molecule has 5 nitrogen and oxygen atoms in total. The van der Waals surface area contributed by atoms with Gasteiger partial charge in [0.2, 0.25) is 0 Å². The summed E-state index contributed by atoms with van der Waals surface area (Å²) in [6.45, 7) is 4.27. The number of ether oxygens (including phenoxy) is 3. The van der Waals surface area contributed by atoms with Crippen molar-refractivity contribution in [1.29, 1.82) is 0 Å². The summed E-state index contributed by atoms with van der Waals surface area (Å²) in [6, 6.07) is 7.74. The molecule has 0 bridgehead atoms. The number of nitrogens with zero attached hydrogens (tertiary/aromatic N) is 1. The lowest BCUT2D eigenvalue weighted by Crippen LogP contribution is -2.42. The van der Waals surface area contributed by atoms with Crippen LogP contribution in [0.2, 0.25) is 0 Å². The number of benzene rings is 1. The van der Waals surface area contributed by atoms with Crippen molar-refractivity contribution in [1.82, 2.24) is 4.90 Å². The number of anilines is 1. The summed E-state index contributed by atoms with van der Waals surface area (Å²) >= 11 is 5.39. The first kappa shape index (κ1) is 15.0. The van der Waals surface area contributed by atoms with Gasteiger partial charge in [0.15, 0.2) is 5.11 Å². The quantitative estimate of drug-likeness (QED) is 0.659. The van der Waals surface area contributed by atoms with Crippen LogP contribution in [-0.2, 0) is 9.47 Å². The summed E-state index contributed by atoms with van der Waals surface area (Å²) in [7, 11) is 1.66. The van der Waals surface area contributed by atoms with E-state index in [-0.39, 0.29) is 0 Å². The fourth-order valence-electron chi connectivity index (χ4n) is 1.85. The Morgan fingerprint density at radius 1 is 1.25 bits per heavy atom. The molecule has 20 heavy (non-hydrogen) atoms. The van der Waals surface area contributed by atoms with E-state index in [1.807, 2.05) is 24.3 Å². The van der Waals surface area contributed by atoms with E-state index in [0.29, 0.717) is 13.2 Å². The zero-order valence-corrected chi connectivity index (χ0v) is 12.4. The summed E-state index contributed by atoms with van der Waals surface area (Å²) in [5.41, 5.74) is 0.959. The van der Waals surface area contributed by atoms with Crippen LogP contribution in [0, 0.1) is 0 Å². The molecule has 0 spiro atoms. The van der Waals surface area contributed by atoms with Crippen LogP contribution in [-0.4, -0.2) is 56.6 Å².